The predicted octanol–water partition coefficient (Wildman–Crippen LogP) is 11.2. The number of fused-ring (bicyclic) bond motifs is 5. The quantitative estimate of drug-likeness (QED) is 0.0809. The van der Waals surface area contributed by atoms with E-state index in [0.29, 0.717) is 41.6 Å². The lowest BCUT2D eigenvalue weighted by atomic mass is 9.52. The second-order valence-electron chi connectivity index (χ2n) is 16.5. The number of phenols is 1. The smallest absolute Gasteiger partial charge is 0.453 e. The van der Waals surface area contributed by atoms with Gasteiger partial charge in [0, 0.05) is 51.0 Å². The number of halogens is 5. The lowest BCUT2D eigenvalue weighted by Crippen LogP contribution is -2.47. The highest BCUT2D eigenvalue weighted by Gasteiger charge is 2.57. The first-order chi connectivity index (χ1) is 24.7. The lowest BCUT2D eigenvalue weighted by Gasteiger charge is -2.53. The highest BCUT2D eigenvalue weighted by atomic mass is 32.2. The second kappa shape index (κ2) is 20.7. The van der Waals surface area contributed by atoms with Crippen LogP contribution < -0.4 is 0 Å². The van der Waals surface area contributed by atoms with E-state index in [9.17, 15) is 40.6 Å². The Balaban J connectivity index is 0.971. The highest BCUT2D eigenvalue weighted by molar-refractivity contribution is 7.85. The van der Waals surface area contributed by atoms with E-state index in [1.54, 1.807) is 0 Å². The van der Waals surface area contributed by atoms with Crippen LogP contribution in [0.2, 0.25) is 0 Å². The van der Waals surface area contributed by atoms with Gasteiger partial charge in [-0.15, -0.1) is 0 Å². The maximum Gasteiger partial charge on any atom is 0.453 e. The van der Waals surface area contributed by atoms with Gasteiger partial charge >= 0.3 is 12.1 Å². The second-order valence-corrected chi connectivity index (χ2v) is 19.9. The summed E-state index contributed by atoms with van der Waals surface area (Å²) < 4.78 is 86.8. The molecule has 0 radical (unpaired) electrons. The minimum Gasteiger partial charge on any atom is -0.508 e. The third kappa shape index (κ3) is 12.5. The molecule has 3 aliphatic carbocycles. The normalized spacial score (nSPS) is 27.2. The van der Waals surface area contributed by atoms with Gasteiger partial charge in [0.05, 0.1) is 6.10 Å². The molecule has 8 atom stereocenters. The van der Waals surface area contributed by atoms with Crippen molar-refractivity contribution in [2.75, 3.05) is 23.0 Å². The van der Waals surface area contributed by atoms with Gasteiger partial charge in [-0.05, 0) is 117 Å². The van der Waals surface area contributed by atoms with Crippen LogP contribution in [0.1, 0.15) is 159 Å². The molecule has 0 amide bonds. The van der Waals surface area contributed by atoms with E-state index in [2.05, 4.69) is 13.0 Å². The highest BCUT2D eigenvalue weighted by Crippen LogP contribution is 2.62. The molecule has 300 valence electrons. The minimum absolute atomic E-state index is 0.0551. The summed E-state index contributed by atoms with van der Waals surface area (Å²) in [5, 5.41) is 21.1. The van der Waals surface area contributed by atoms with E-state index in [1.165, 1.54) is 49.7 Å². The molecule has 4 nitrogen and oxygen atoms in total. The Morgan fingerprint density at radius 3 is 1.81 bits per heavy atom. The molecule has 0 saturated heterocycles. The number of unbranched alkanes of at least 4 members (excludes halogenated alkanes) is 12. The van der Waals surface area contributed by atoms with E-state index in [1.807, 2.05) is 12.1 Å². The fourth-order valence-electron chi connectivity index (χ4n) is 9.80. The van der Waals surface area contributed by atoms with Crippen molar-refractivity contribution in [1.29, 1.82) is 0 Å². The zero-order chi connectivity index (χ0) is 37.8. The summed E-state index contributed by atoms with van der Waals surface area (Å²) in [4.78, 5) is 0. The summed E-state index contributed by atoms with van der Waals surface area (Å²) >= 11 is 0. The van der Waals surface area contributed by atoms with Gasteiger partial charge in [0.1, 0.15) is 5.75 Å². The number of phenolic OH excluding ortho intramolecular Hbond substituents is 1. The van der Waals surface area contributed by atoms with Gasteiger partial charge in [-0.1, -0.05) is 83.6 Å². The van der Waals surface area contributed by atoms with Crippen molar-refractivity contribution >= 4 is 21.6 Å². The molecular weight excluding hydrogens is 716 g/mol. The number of hydrogen-bond donors (Lipinski definition) is 2. The summed E-state index contributed by atoms with van der Waals surface area (Å²) in [5.41, 5.74) is 2.85. The summed E-state index contributed by atoms with van der Waals surface area (Å²) in [7, 11) is -2.13. The van der Waals surface area contributed by atoms with E-state index in [-0.39, 0.29) is 17.3 Å². The fourth-order valence-corrected chi connectivity index (χ4v) is 12.2. The van der Waals surface area contributed by atoms with Crippen molar-refractivity contribution in [3.8, 4) is 5.75 Å². The summed E-state index contributed by atoms with van der Waals surface area (Å²) in [5.74, 6) is -0.187. The van der Waals surface area contributed by atoms with Gasteiger partial charge < -0.3 is 10.2 Å². The van der Waals surface area contributed by atoms with Gasteiger partial charge in [-0.25, -0.2) is 0 Å². The molecule has 52 heavy (non-hydrogen) atoms. The number of aliphatic hydroxyl groups is 1. The van der Waals surface area contributed by atoms with E-state index < -0.39 is 46.5 Å². The first kappa shape index (κ1) is 43.7. The standard InChI is InChI=1S/C41H65F5O4S2/c1-39-24-22-35-34-19-18-33(47)30-32(34)29-31(38(35)36(39)20-21-37(39)48)17-12-8-4-2-5-9-13-25-51(49)26-14-10-6-3-7-11-15-27-52(50)28-16-23-40(42,43)41(44,45)46/h18-19,30-31,35-38,47-48H,2-17,20-29H2,1H3/t31?,35-,36+,37-,38+,39-,51?,52?/m0/s1. The zero-order valence-electron chi connectivity index (χ0n) is 31.4. The maximum absolute atomic E-state index is 12.9. The third-order valence-corrected chi connectivity index (χ3v) is 15.8. The van der Waals surface area contributed by atoms with Gasteiger partial charge in [0.25, 0.3) is 0 Å². The largest absolute Gasteiger partial charge is 0.508 e. The Labute approximate surface area is 314 Å². The van der Waals surface area contributed by atoms with Gasteiger partial charge in [-0.2, -0.15) is 22.0 Å². The number of aromatic hydroxyl groups is 1. The van der Waals surface area contributed by atoms with Crippen LogP contribution in [-0.4, -0.2) is 59.8 Å². The molecule has 3 aliphatic rings. The number of rotatable bonds is 24. The molecule has 0 aromatic heterocycles. The average molecular weight is 781 g/mol. The summed E-state index contributed by atoms with van der Waals surface area (Å²) in [6, 6.07) is 6.03. The van der Waals surface area contributed by atoms with E-state index in [4.69, 9.17) is 0 Å². The maximum atomic E-state index is 12.9. The molecule has 0 spiro atoms. The molecule has 0 bridgehead atoms. The van der Waals surface area contributed by atoms with Gasteiger partial charge in [0.2, 0.25) is 0 Å². The Kier molecular flexibility index (Phi) is 17.4. The van der Waals surface area contributed by atoms with Gasteiger partial charge in [0.15, 0.2) is 0 Å². The number of benzene rings is 1. The average Bonchev–Trinajstić information content (AvgIpc) is 3.39. The first-order valence-corrected chi connectivity index (χ1v) is 23.3. The summed E-state index contributed by atoms with van der Waals surface area (Å²) in [6.45, 7) is 2.34. The first-order valence-electron chi connectivity index (χ1n) is 20.4. The van der Waals surface area contributed by atoms with Crippen LogP contribution in [0.4, 0.5) is 22.0 Å². The third-order valence-electron chi connectivity index (χ3n) is 12.8. The molecule has 0 aliphatic heterocycles. The molecular formula is C41H65F5O4S2. The molecule has 0 heterocycles. The molecule has 11 heteroatoms. The molecule has 2 saturated carbocycles. The predicted molar refractivity (Wildman–Crippen MR) is 203 cm³/mol. The van der Waals surface area contributed by atoms with Crippen LogP contribution in [0.15, 0.2) is 18.2 Å². The molecule has 2 fully saturated rings. The number of aliphatic hydroxyl groups excluding tert-OH is 1. The number of alkyl halides is 5. The monoisotopic (exact) mass is 780 g/mol. The molecule has 3 unspecified atom stereocenters. The minimum atomic E-state index is -5.55. The number of hydrogen-bond acceptors (Lipinski definition) is 4. The topological polar surface area (TPSA) is 74.6 Å². The van der Waals surface area contributed by atoms with Crippen molar-refractivity contribution in [1.82, 2.24) is 0 Å². The molecule has 1 aromatic carbocycles. The summed E-state index contributed by atoms with van der Waals surface area (Å²) in [6.07, 6.45) is 14.0. The van der Waals surface area contributed by atoms with Crippen LogP contribution in [-0.2, 0) is 28.0 Å². The fraction of sp³-hybridized carbons (Fsp3) is 0.854. The molecule has 2 N–H and O–H groups in total. The van der Waals surface area contributed by atoms with E-state index in [0.717, 1.165) is 95.0 Å². The van der Waals surface area contributed by atoms with Crippen LogP contribution in [0, 0.1) is 23.2 Å². The van der Waals surface area contributed by atoms with Crippen molar-refractivity contribution in [2.45, 2.75) is 172 Å². The van der Waals surface area contributed by atoms with Crippen molar-refractivity contribution in [3.63, 3.8) is 0 Å². The van der Waals surface area contributed by atoms with Crippen LogP contribution in [0.5, 0.6) is 5.75 Å². The molecule has 4 rings (SSSR count). The lowest BCUT2D eigenvalue weighted by molar-refractivity contribution is -0.284. The Hall–Kier alpha value is -1.07. The Bertz CT molecular complexity index is 1280. The van der Waals surface area contributed by atoms with Crippen LogP contribution in [0.3, 0.4) is 0 Å². The SMILES string of the molecule is C[C@]12CC[C@H]3c4ccc(O)cc4CC(CCCCCCCCCS(=O)CCCCCCCCCS(=O)CCCC(F)(F)C(F)(F)F)[C@H]3[C@H]1CC[C@@H]2O. The zero-order valence-corrected chi connectivity index (χ0v) is 33.1. The van der Waals surface area contributed by atoms with Crippen molar-refractivity contribution in [2.24, 2.45) is 23.2 Å². The van der Waals surface area contributed by atoms with Gasteiger partial charge in [-0.3, -0.25) is 8.42 Å². The Morgan fingerprint density at radius 1 is 0.731 bits per heavy atom. The van der Waals surface area contributed by atoms with Crippen LogP contribution >= 0.6 is 0 Å². The van der Waals surface area contributed by atoms with E-state index >= 15 is 0 Å². The van der Waals surface area contributed by atoms with Crippen LogP contribution in [0.25, 0.3) is 0 Å². The molecule has 1 aromatic rings. The van der Waals surface area contributed by atoms with Crippen molar-refractivity contribution < 1.29 is 40.6 Å². The van der Waals surface area contributed by atoms with Crippen molar-refractivity contribution in [3.05, 3.63) is 29.3 Å². The Morgan fingerprint density at radius 2 is 1.25 bits per heavy atom.